The predicted molar refractivity (Wildman–Crippen MR) is 107 cm³/mol. The van der Waals surface area contributed by atoms with E-state index in [1.165, 1.54) is 16.7 Å². The molecule has 0 saturated heterocycles. The summed E-state index contributed by atoms with van der Waals surface area (Å²) in [7, 11) is 0. The zero-order valence-electron chi connectivity index (χ0n) is 15.0. The third-order valence-corrected chi connectivity index (χ3v) is 4.62. The SMILES string of the molecule is O=C(c1ccccc1)c1cc[n+](Cc2ccc(-c3ccccc3)cc2)cc1. The molecular formula is C25H20NO+. The largest absolute Gasteiger partial charge is 0.289 e. The van der Waals surface area contributed by atoms with Gasteiger partial charge in [0.2, 0.25) is 0 Å². The number of nitrogens with zero attached hydrogens (tertiary/aromatic N) is 1. The molecule has 0 fully saturated rings. The van der Waals surface area contributed by atoms with E-state index in [2.05, 4.69) is 53.1 Å². The molecule has 1 heterocycles. The summed E-state index contributed by atoms with van der Waals surface area (Å²) in [6, 6.07) is 32.1. The Kier molecular flexibility index (Phi) is 4.88. The Morgan fingerprint density at radius 3 is 1.74 bits per heavy atom. The Balaban J connectivity index is 1.46. The zero-order chi connectivity index (χ0) is 18.5. The molecule has 2 heteroatoms. The van der Waals surface area contributed by atoms with Gasteiger partial charge >= 0.3 is 0 Å². The molecule has 2 nitrogen and oxygen atoms in total. The van der Waals surface area contributed by atoms with Crippen LogP contribution in [0, 0.1) is 0 Å². The van der Waals surface area contributed by atoms with Gasteiger partial charge in [-0.1, -0.05) is 84.9 Å². The Morgan fingerprint density at radius 1 is 0.593 bits per heavy atom. The second-order valence-electron chi connectivity index (χ2n) is 6.52. The fraction of sp³-hybridized carbons (Fsp3) is 0.0400. The number of hydrogen-bond acceptors (Lipinski definition) is 1. The van der Waals surface area contributed by atoms with Crippen LogP contribution in [0.3, 0.4) is 0 Å². The third kappa shape index (κ3) is 4.01. The van der Waals surface area contributed by atoms with Crippen molar-refractivity contribution in [2.45, 2.75) is 6.54 Å². The van der Waals surface area contributed by atoms with Crippen molar-refractivity contribution in [2.24, 2.45) is 0 Å². The highest BCUT2D eigenvalue weighted by Crippen LogP contribution is 2.19. The molecule has 4 aromatic rings. The van der Waals surface area contributed by atoms with Crippen molar-refractivity contribution >= 4 is 5.78 Å². The van der Waals surface area contributed by atoms with Crippen molar-refractivity contribution in [3.8, 4) is 11.1 Å². The molecule has 0 amide bonds. The third-order valence-electron chi connectivity index (χ3n) is 4.62. The van der Waals surface area contributed by atoms with Gasteiger partial charge in [0.15, 0.2) is 24.7 Å². The molecule has 3 aromatic carbocycles. The van der Waals surface area contributed by atoms with Gasteiger partial charge in [-0.3, -0.25) is 4.79 Å². The molecule has 1 aromatic heterocycles. The first-order valence-corrected chi connectivity index (χ1v) is 9.03. The van der Waals surface area contributed by atoms with Gasteiger partial charge in [-0.15, -0.1) is 0 Å². The van der Waals surface area contributed by atoms with E-state index in [-0.39, 0.29) is 5.78 Å². The van der Waals surface area contributed by atoms with Crippen molar-refractivity contribution < 1.29 is 9.36 Å². The zero-order valence-corrected chi connectivity index (χ0v) is 15.0. The molecular weight excluding hydrogens is 330 g/mol. The minimum Gasteiger partial charge on any atom is -0.289 e. The Labute approximate surface area is 159 Å². The molecule has 0 aliphatic rings. The second-order valence-corrected chi connectivity index (χ2v) is 6.52. The fourth-order valence-corrected chi connectivity index (χ4v) is 3.11. The van der Waals surface area contributed by atoms with Gasteiger partial charge in [0.1, 0.15) is 0 Å². The van der Waals surface area contributed by atoms with Crippen LogP contribution in [0.15, 0.2) is 109 Å². The molecule has 0 radical (unpaired) electrons. The molecule has 0 atom stereocenters. The normalized spacial score (nSPS) is 10.5. The lowest BCUT2D eigenvalue weighted by molar-refractivity contribution is -0.688. The minimum atomic E-state index is 0.0509. The average molecular weight is 350 g/mol. The van der Waals surface area contributed by atoms with Crippen LogP contribution < -0.4 is 4.57 Å². The predicted octanol–water partition coefficient (Wildman–Crippen LogP) is 4.92. The molecule has 130 valence electrons. The number of benzene rings is 3. The first-order valence-electron chi connectivity index (χ1n) is 9.03. The Bertz CT molecular complexity index is 1020. The summed E-state index contributed by atoms with van der Waals surface area (Å²) in [5, 5.41) is 0. The summed E-state index contributed by atoms with van der Waals surface area (Å²) in [4.78, 5) is 12.5. The van der Waals surface area contributed by atoms with Crippen LogP contribution in [0.1, 0.15) is 21.5 Å². The minimum absolute atomic E-state index is 0.0509. The summed E-state index contributed by atoms with van der Waals surface area (Å²) < 4.78 is 2.08. The van der Waals surface area contributed by atoms with E-state index in [9.17, 15) is 4.79 Å². The second kappa shape index (κ2) is 7.79. The first-order chi connectivity index (χ1) is 13.3. The lowest BCUT2D eigenvalue weighted by Crippen LogP contribution is -2.33. The van der Waals surface area contributed by atoms with E-state index in [0.29, 0.717) is 11.1 Å². The number of rotatable bonds is 5. The molecule has 27 heavy (non-hydrogen) atoms. The standard InChI is InChI=1S/C25H20NO/c27-25(23-9-5-2-6-10-23)24-15-17-26(18-16-24)19-20-11-13-22(14-12-20)21-7-3-1-4-8-21/h1-18H,19H2/q+1. The first kappa shape index (κ1) is 16.9. The number of pyridine rings is 1. The van der Waals surface area contributed by atoms with Gasteiger partial charge in [-0.25, -0.2) is 4.57 Å². The van der Waals surface area contributed by atoms with E-state index >= 15 is 0 Å². The average Bonchev–Trinajstić information content (AvgIpc) is 2.76. The molecule has 4 rings (SSSR count). The van der Waals surface area contributed by atoms with Gasteiger partial charge in [0.05, 0.1) is 0 Å². The Morgan fingerprint density at radius 2 is 1.11 bits per heavy atom. The molecule has 0 spiro atoms. The molecule has 0 unspecified atom stereocenters. The number of aromatic nitrogens is 1. The van der Waals surface area contributed by atoms with Crippen molar-refractivity contribution in [3.63, 3.8) is 0 Å². The smallest absolute Gasteiger partial charge is 0.193 e. The van der Waals surface area contributed by atoms with Gasteiger partial charge in [-0.05, 0) is 11.1 Å². The van der Waals surface area contributed by atoms with Crippen molar-refractivity contribution in [2.75, 3.05) is 0 Å². The van der Waals surface area contributed by atoms with Crippen LogP contribution in [-0.2, 0) is 6.54 Å². The lowest BCUT2D eigenvalue weighted by Gasteiger charge is -2.04. The summed E-state index contributed by atoms with van der Waals surface area (Å²) in [5.74, 6) is 0.0509. The lowest BCUT2D eigenvalue weighted by atomic mass is 10.0. The van der Waals surface area contributed by atoms with Crippen LogP contribution in [0.25, 0.3) is 11.1 Å². The monoisotopic (exact) mass is 350 g/mol. The molecule has 0 bridgehead atoms. The summed E-state index contributed by atoms with van der Waals surface area (Å²) >= 11 is 0. The summed E-state index contributed by atoms with van der Waals surface area (Å²) in [6.07, 6.45) is 3.92. The van der Waals surface area contributed by atoms with Crippen LogP contribution in [0.4, 0.5) is 0 Å². The summed E-state index contributed by atoms with van der Waals surface area (Å²) in [5.41, 5.74) is 5.08. The van der Waals surface area contributed by atoms with Gasteiger partial charge in [0, 0.05) is 28.8 Å². The van der Waals surface area contributed by atoms with Crippen LogP contribution in [-0.4, -0.2) is 5.78 Å². The van der Waals surface area contributed by atoms with E-state index in [1.54, 1.807) is 0 Å². The number of hydrogen-bond donors (Lipinski definition) is 0. The molecule has 0 aliphatic carbocycles. The highest BCUT2D eigenvalue weighted by Gasteiger charge is 2.11. The van der Waals surface area contributed by atoms with E-state index in [0.717, 1.165) is 6.54 Å². The quantitative estimate of drug-likeness (QED) is 0.370. The number of ketones is 1. The highest BCUT2D eigenvalue weighted by molar-refractivity contribution is 6.08. The van der Waals surface area contributed by atoms with Gasteiger partial charge < -0.3 is 0 Å². The van der Waals surface area contributed by atoms with Crippen molar-refractivity contribution in [1.82, 2.24) is 0 Å². The maximum atomic E-state index is 12.5. The van der Waals surface area contributed by atoms with Crippen molar-refractivity contribution in [3.05, 3.63) is 126 Å². The fourth-order valence-electron chi connectivity index (χ4n) is 3.11. The Hall–Kier alpha value is -3.52. The van der Waals surface area contributed by atoms with Crippen LogP contribution >= 0.6 is 0 Å². The maximum Gasteiger partial charge on any atom is 0.193 e. The number of carbonyl (C=O) groups excluding carboxylic acids is 1. The van der Waals surface area contributed by atoms with Gasteiger partial charge in [0.25, 0.3) is 0 Å². The molecule has 0 aliphatic heterocycles. The van der Waals surface area contributed by atoms with Crippen LogP contribution in [0.2, 0.25) is 0 Å². The maximum absolute atomic E-state index is 12.5. The summed E-state index contributed by atoms with van der Waals surface area (Å²) in [6.45, 7) is 0.773. The molecule has 0 N–H and O–H groups in total. The van der Waals surface area contributed by atoms with E-state index < -0.39 is 0 Å². The number of carbonyl (C=O) groups is 1. The van der Waals surface area contributed by atoms with Crippen LogP contribution in [0.5, 0.6) is 0 Å². The van der Waals surface area contributed by atoms with Gasteiger partial charge in [-0.2, -0.15) is 0 Å². The highest BCUT2D eigenvalue weighted by atomic mass is 16.1. The topological polar surface area (TPSA) is 20.9 Å². The van der Waals surface area contributed by atoms with E-state index in [1.807, 2.05) is 60.9 Å². The van der Waals surface area contributed by atoms with E-state index in [4.69, 9.17) is 0 Å². The molecule has 0 saturated carbocycles. The van der Waals surface area contributed by atoms with Crippen molar-refractivity contribution in [1.29, 1.82) is 0 Å².